The minimum absolute atomic E-state index is 0.334. The van der Waals surface area contributed by atoms with Crippen LogP contribution in [-0.4, -0.2) is 40.7 Å². The van der Waals surface area contributed by atoms with Crippen LogP contribution in [0.4, 0.5) is 17.1 Å². The molecule has 0 radical (unpaired) electrons. The molecule has 0 spiro atoms. The Morgan fingerprint density at radius 2 is 0.519 bits per heavy atom. The topological polar surface area (TPSA) is 113 Å². The molecule has 6 aromatic rings. The van der Waals surface area contributed by atoms with Crippen molar-refractivity contribution in [2.45, 2.75) is 0 Å². The van der Waals surface area contributed by atoms with Gasteiger partial charge in [0.2, 0.25) is 35.8 Å². The van der Waals surface area contributed by atoms with Gasteiger partial charge in [-0.25, -0.2) is 4.90 Å². The molecule has 0 atom stereocenters. The highest BCUT2D eigenvalue weighted by molar-refractivity contribution is 6.32. The average Bonchev–Trinajstić information content (AvgIpc) is 3.20. The van der Waals surface area contributed by atoms with Crippen LogP contribution in [0, 0.1) is 0 Å². The summed E-state index contributed by atoms with van der Waals surface area (Å²) in [7, 11) is 0. The molecule has 6 aromatic carbocycles. The highest BCUT2D eigenvalue weighted by Gasteiger charge is 2.35. The molecular formula is C42H30N10. The maximum absolute atomic E-state index is 4.76. The number of rotatable bonds is 6. The van der Waals surface area contributed by atoms with Gasteiger partial charge in [0.15, 0.2) is 0 Å². The molecule has 10 heteroatoms. The first-order valence-corrected chi connectivity index (χ1v) is 16.8. The van der Waals surface area contributed by atoms with E-state index >= 15 is 0 Å². The lowest BCUT2D eigenvalue weighted by atomic mass is 10.1. The Morgan fingerprint density at radius 1 is 0.269 bits per heavy atom. The van der Waals surface area contributed by atoms with E-state index in [0.717, 1.165) is 50.4 Å². The largest absolute Gasteiger partial charge is 0.324 e. The molecule has 0 aliphatic carbocycles. The van der Waals surface area contributed by atoms with E-state index in [2.05, 4.69) is 88.7 Å². The third-order valence-electron chi connectivity index (χ3n) is 8.58. The Labute approximate surface area is 300 Å². The molecule has 3 aliphatic heterocycles. The van der Waals surface area contributed by atoms with Gasteiger partial charge in [-0.3, -0.25) is 0 Å². The van der Waals surface area contributed by atoms with E-state index in [1.54, 1.807) is 4.90 Å². The third-order valence-corrected chi connectivity index (χ3v) is 8.58. The molecule has 10 nitrogen and oxygen atoms in total. The zero-order valence-electron chi connectivity index (χ0n) is 27.7. The molecular weight excluding hydrogens is 645 g/mol. The highest BCUT2D eigenvalue weighted by Crippen LogP contribution is 2.26. The average molecular weight is 675 g/mol. The van der Waals surface area contributed by atoms with Crippen LogP contribution >= 0.6 is 0 Å². The molecule has 0 amide bonds. The number of hydrogen-bond donors (Lipinski definition) is 3. The second-order valence-corrected chi connectivity index (χ2v) is 12.1. The van der Waals surface area contributed by atoms with Gasteiger partial charge in [0.1, 0.15) is 0 Å². The summed E-state index contributed by atoms with van der Waals surface area (Å²) in [4.78, 5) is 30.2. The fraction of sp³-hybridized carbons (Fsp3) is 0. The van der Waals surface area contributed by atoms with E-state index in [4.69, 9.17) is 30.0 Å². The van der Waals surface area contributed by atoms with Crippen molar-refractivity contribution in [1.29, 1.82) is 0 Å². The Kier molecular flexibility index (Phi) is 7.91. The first-order valence-electron chi connectivity index (χ1n) is 16.8. The van der Waals surface area contributed by atoms with Gasteiger partial charge in [-0.05, 0) is 69.8 Å². The van der Waals surface area contributed by atoms with Gasteiger partial charge < -0.3 is 16.0 Å². The monoisotopic (exact) mass is 674 g/mol. The minimum Gasteiger partial charge on any atom is -0.324 e. The molecule has 0 saturated heterocycles. The van der Waals surface area contributed by atoms with Crippen molar-refractivity contribution in [3.63, 3.8) is 0 Å². The van der Waals surface area contributed by atoms with Crippen LogP contribution in [0.2, 0.25) is 0 Å². The Morgan fingerprint density at radius 3 is 0.788 bits per heavy atom. The normalized spacial score (nSPS) is 14.4. The molecule has 0 bridgehead atoms. The minimum atomic E-state index is 0.334. The fourth-order valence-electron chi connectivity index (χ4n) is 5.97. The Balaban J connectivity index is 1.02. The third kappa shape index (κ3) is 6.47. The van der Waals surface area contributed by atoms with Gasteiger partial charge in [-0.2, -0.15) is 30.0 Å². The second-order valence-electron chi connectivity index (χ2n) is 12.1. The van der Waals surface area contributed by atoms with Crippen LogP contribution in [0.3, 0.4) is 0 Å². The van der Waals surface area contributed by atoms with E-state index in [1.165, 1.54) is 0 Å². The molecule has 0 fully saturated rings. The van der Waals surface area contributed by atoms with Crippen LogP contribution in [0.5, 0.6) is 0 Å². The summed E-state index contributed by atoms with van der Waals surface area (Å²) in [5, 5.41) is 10.0. The van der Waals surface area contributed by atoms with E-state index in [0.29, 0.717) is 35.8 Å². The number of benzene rings is 6. The molecule has 3 heterocycles. The van der Waals surface area contributed by atoms with Crippen molar-refractivity contribution in [2.75, 3.05) is 16.0 Å². The van der Waals surface area contributed by atoms with Crippen molar-refractivity contribution in [1.82, 2.24) is 4.90 Å². The Bertz CT molecular complexity index is 2150. The van der Waals surface area contributed by atoms with Gasteiger partial charge in [-0.15, -0.1) is 0 Å². The van der Waals surface area contributed by atoms with Crippen LogP contribution in [0.15, 0.2) is 194 Å². The highest BCUT2D eigenvalue weighted by atomic mass is 15.5. The van der Waals surface area contributed by atoms with Crippen molar-refractivity contribution >= 4 is 52.8 Å². The molecule has 248 valence electrons. The van der Waals surface area contributed by atoms with Gasteiger partial charge in [0, 0.05) is 17.1 Å². The fourth-order valence-corrected chi connectivity index (χ4v) is 5.97. The summed E-state index contributed by atoms with van der Waals surface area (Å²) in [5.41, 5.74) is 9.23. The summed E-state index contributed by atoms with van der Waals surface area (Å²) < 4.78 is 0. The first kappa shape index (κ1) is 30.6. The summed E-state index contributed by atoms with van der Waals surface area (Å²) in [5.74, 6) is 2.01. The quantitative estimate of drug-likeness (QED) is 0.164. The van der Waals surface area contributed by atoms with Gasteiger partial charge in [0.05, 0.1) is 0 Å². The van der Waals surface area contributed by atoms with Gasteiger partial charge in [-0.1, -0.05) is 127 Å². The SMILES string of the molecule is c1ccc(-c2ccc(NC3=NC4=NC(Nc5ccc(-c6ccccc6)cc5)=NC5=NC(Nc6ccc(-c7ccccc7)cc6)=NC(=N3)N45)cc2)cc1. The standard InChI is InChI=1S/C42H30N10/c1-4-10-28(11-5-1)31-16-22-34(23-17-31)43-37-46-40-48-38(44-35-24-18-32(19-25-35)29-12-6-2-7-13-29)50-42-51-39(49-41(47-37)52(40)42)45-36-26-20-33(21-27-36)30-14-8-3-9-15-30/h1-27H,(H3,43,44,45,46,47,48,49,50,51). The lowest BCUT2D eigenvalue weighted by Gasteiger charge is -2.30. The van der Waals surface area contributed by atoms with Crippen molar-refractivity contribution in [3.8, 4) is 33.4 Å². The lowest BCUT2D eigenvalue weighted by Crippen LogP contribution is -2.49. The predicted octanol–water partition coefficient (Wildman–Crippen LogP) is 8.80. The summed E-state index contributed by atoms with van der Waals surface area (Å²) in [6, 6.07) is 55.1. The van der Waals surface area contributed by atoms with E-state index in [9.17, 15) is 0 Å². The zero-order valence-corrected chi connectivity index (χ0v) is 27.7. The molecule has 0 aromatic heterocycles. The summed E-state index contributed by atoms with van der Waals surface area (Å²) in [6.45, 7) is 0. The number of nitrogens with one attached hydrogen (secondary N) is 3. The molecule has 0 unspecified atom stereocenters. The number of aliphatic imine (C=N–C) groups is 6. The van der Waals surface area contributed by atoms with Crippen molar-refractivity contribution < 1.29 is 0 Å². The smallest absolute Gasteiger partial charge is 0.246 e. The second kappa shape index (κ2) is 13.4. The lowest BCUT2D eigenvalue weighted by molar-refractivity contribution is 0.826. The van der Waals surface area contributed by atoms with E-state index < -0.39 is 0 Å². The van der Waals surface area contributed by atoms with Crippen molar-refractivity contribution in [3.05, 3.63) is 164 Å². The molecule has 0 saturated carbocycles. The van der Waals surface area contributed by atoms with Crippen molar-refractivity contribution in [2.24, 2.45) is 30.0 Å². The van der Waals surface area contributed by atoms with E-state index in [1.807, 2.05) is 91.0 Å². The van der Waals surface area contributed by atoms with Gasteiger partial charge in [0.25, 0.3) is 0 Å². The molecule has 52 heavy (non-hydrogen) atoms. The van der Waals surface area contributed by atoms with Crippen LogP contribution in [-0.2, 0) is 0 Å². The van der Waals surface area contributed by atoms with Gasteiger partial charge >= 0.3 is 0 Å². The molecule has 9 rings (SSSR count). The number of anilines is 3. The maximum Gasteiger partial charge on any atom is 0.246 e. The van der Waals surface area contributed by atoms with Crippen LogP contribution < -0.4 is 16.0 Å². The zero-order chi connectivity index (χ0) is 34.7. The van der Waals surface area contributed by atoms with E-state index in [-0.39, 0.29) is 0 Å². The molecule has 3 aliphatic rings. The number of guanidine groups is 6. The first-order chi connectivity index (χ1) is 25.7. The molecule has 3 N–H and O–H groups in total. The van der Waals surface area contributed by atoms with Crippen LogP contribution in [0.25, 0.3) is 33.4 Å². The van der Waals surface area contributed by atoms with Crippen LogP contribution in [0.1, 0.15) is 0 Å². The Hall–Kier alpha value is -7.46. The summed E-state index contributed by atoms with van der Waals surface area (Å²) in [6.07, 6.45) is 0. The summed E-state index contributed by atoms with van der Waals surface area (Å²) >= 11 is 0. The number of hydrogen-bond acceptors (Lipinski definition) is 10. The maximum atomic E-state index is 4.76. The number of nitrogens with zero attached hydrogens (tertiary/aromatic N) is 7. The predicted molar refractivity (Wildman–Crippen MR) is 213 cm³/mol.